The Morgan fingerprint density at radius 2 is 1.59 bits per heavy atom. The van der Waals surface area contributed by atoms with Gasteiger partial charge in [0, 0.05) is 43.6 Å². The first-order valence-electron chi connectivity index (χ1n) is 10.4. The number of nitrogens with zero attached hydrogens (tertiary/aromatic N) is 1. The molecule has 0 unspecified atom stereocenters. The summed E-state index contributed by atoms with van der Waals surface area (Å²) in [7, 11) is 6.17. The van der Waals surface area contributed by atoms with Gasteiger partial charge in [0.2, 0.25) is 0 Å². The van der Waals surface area contributed by atoms with Crippen LogP contribution in [0.5, 0.6) is 28.7 Å². The molecule has 170 valence electrons. The lowest BCUT2D eigenvalue weighted by Crippen LogP contribution is -2.52. The maximum absolute atomic E-state index is 13.1. The average molecular weight is 441 g/mol. The first kappa shape index (κ1) is 21.8. The Morgan fingerprint density at radius 3 is 2.22 bits per heavy atom. The summed E-state index contributed by atoms with van der Waals surface area (Å²) < 4.78 is 27.6. The molecule has 0 bridgehead atoms. The van der Waals surface area contributed by atoms with E-state index in [1.165, 1.54) is 14.2 Å². The van der Waals surface area contributed by atoms with E-state index in [4.69, 9.17) is 23.7 Å². The molecule has 0 aromatic heterocycles. The number of hydrogen-bond acceptors (Lipinski definition) is 7. The van der Waals surface area contributed by atoms with Crippen LogP contribution in [0.15, 0.2) is 30.3 Å². The predicted molar refractivity (Wildman–Crippen MR) is 117 cm³/mol. The zero-order chi connectivity index (χ0) is 22.9. The van der Waals surface area contributed by atoms with Crippen LogP contribution in [0.3, 0.4) is 0 Å². The van der Waals surface area contributed by atoms with Gasteiger partial charge in [-0.25, -0.2) is 0 Å². The minimum absolute atomic E-state index is 0.0228. The van der Waals surface area contributed by atoms with Crippen LogP contribution in [0, 0.1) is 0 Å². The molecule has 0 aliphatic carbocycles. The van der Waals surface area contributed by atoms with E-state index in [1.54, 1.807) is 49.5 Å². The largest absolute Gasteiger partial charge is 0.496 e. The Kier molecular flexibility index (Phi) is 5.86. The topological polar surface area (TPSA) is 83.5 Å². The quantitative estimate of drug-likeness (QED) is 0.704. The van der Waals surface area contributed by atoms with Crippen molar-refractivity contribution in [1.82, 2.24) is 4.90 Å². The number of likely N-dealkylation sites (tertiary alicyclic amines) is 1. The molecule has 2 heterocycles. The molecule has 1 spiro atoms. The van der Waals surface area contributed by atoms with Crippen LogP contribution in [0.25, 0.3) is 0 Å². The van der Waals surface area contributed by atoms with Crippen molar-refractivity contribution in [1.29, 1.82) is 0 Å². The zero-order valence-electron chi connectivity index (χ0n) is 18.7. The van der Waals surface area contributed by atoms with E-state index in [-0.39, 0.29) is 18.1 Å². The highest BCUT2D eigenvalue weighted by Crippen LogP contribution is 2.45. The van der Waals surface area contributed by atoms with E-state index in [0.29, 0.717) is 65.8 Å². The lowest BCUT2D eigenvalue weighted by Gasteiger charge is -2.44. The van der Waals surface area contributed by atoms with E-state index in [0.717, 1.165) is 0 Å². The second kappa shape index (κ2) is 8.61. The van der Waals surface area contributed by atoms with Gasteiger partial charge in [-0.05, 0) is 18.2 Å². The van der Waals surface area contributed by atoms with E-state index in [1.807, 2.05) is 0 Å². The van der Waals surface area contributed by atoms with Crippen molar-refractivity contribution in [2.24, 2.45) is 0 Å². The lowest BCUT2D eigenvalue weighted by molar-refractivity contribution is -0.00611. The van der Waals surface area contributed by atoms with E-state index >= 15 is 0 Å². The van der Waals surface area contributed by atoms with Gasteiger partial charge in [-0.15, -0.1) is 0 Å². The molecule has 0 N–H and O–H groups in total. The van der Waals surface area contributed by atoms with Crippen molar-refractivity contribution in [3.8, 4) is 28.7 Å². The molecule has 1 fully saturated rings. The van der Waals surface area contributed by atoms with Crippen molar-refractivity contribution in [3.63, 3.8) is 0 Å². The number of hydrogen-bond donors (Lipinski definition) is 0. The third-order valence-corrected chi connectivity index (χ3v) is 6.18. The molecule has 4 rings (SSSR count). The van der Waals surface area contributed by atoms with Gasteiger partial charge in [0.1, 0.15) is 28.4 Å². The van der Waals surface area contributed by atoms with Gasteiger partial charge >= 0.3 is 0 Å². The summed E-state index contributed by atoms with van der Waals surface area (Å²) in [6.07, 6.45) is 1.36. The predicted octanol–water partition coefficient (Wildman–Crippen LogP) is 3.36. The van der Waals surface area contributed by atoms with Gasteiger partial charge < -0.3 is 28.6 Å². The fraction of sp³-hybridized carbons (Fsp3) is 0.417. The van der Waals surface area contributed by atoms with E-state index in [9.17, 15) is 9.59 Å². The highest BCUT2D eigenvalue weighted by atomic mass is 16.5. The molecule has 32 heavy (non-hydrogen) atoms. The van der Waals surface area contributed by atoms with Crippen LogP contribution in [0.2, 0.25) is 0 Å². The Hall–Kier alpha value is -3.42. The molecule has 2 aromatic carbocycles. The van der Waals surface area contributed by atoms with E-state index < -0.39 is 5.60 Å². The molecule has 2 aromatic rings. The average Bonchev–Trinajstić information content (AvgIpc) is 2.82. The standard InChI is InChI=1S/C24H27NO7/c1-28-16-12-20(31-4)22-17(26)14-24(32-21(22)13-16)7-9-25(10-8-24)23(27)15-5-6-18(29-2)19(11-15)30-3/h5-6,11-13H,7-10,14H2,1-4H3. The van der Waals surface area contributed by atoms with E-state index in [2.05, 4.69) is 0 Å². The fourth-order valence-electron chi connectivity index (χ4n) is 4.40. The number of rotatable bonds is 5. The highest BCUT2D eigenvalue weighted by molar-refractivity contribution is 6.03. The van der Waals surface area contributed by atoms with Gasteiger partial charge in [-0.3, -0.25) is 9.59 Å². The second-order valence-corrected chi connectivity index (χ2v) is 7.95. The summed E-state index contributed by atoms with van der Waals surface area (Å²) in [5.74, 6) is 2.44. The van der Waals surface area contributed by atoms with Crippen molar-refractivity contribution in [2.45, 2.75) is 24.9 Å². The van der Waals surface area contributed by atoms with Gasteiger partial charge in [0.05, 0.1) is 34.9 Å². The maximum Gasteiger partial charge on any atom is 0.253 e. The lowest BCUT2D eigenvalue weighted by atomic mass is 9.82. The number of carbonyl (C=O) groups excluding carboxylic acids is 2. The number of methoxy groups -OCH3 is 4. The molecule has 2 aliphatic rings. The Morgan fingerprint density at radius 1 is 0.906 bits per heavy atom. The third-order valence-electron chi connectivity index (χ3n) is 6.18. The first-order chi connectivity index (χ1) is 15.4. The molecule has 1 saturated heterocycles. The van der Waals surface area contributed by atoms with Crippen LogP contribution < -0.4 is 23.7 Å². The fourth-order valence-corrected chi connectivity index (χ4v) is 4.40. The van der Waals surface area contributed by atoms with Crippen LogP contribution in [-0.4, -0.2) is 63.7 Å². The Balaban J connectivity index is 1.51. The van der Waals surface area contributed by atoms with Gasteiger partial charge in [-0.2, -0.15) is 0 Å². The SMILES string of the molecule is COc1cc(OC)c2c(c1)OC1(CCN(C(=O)c3ccc(OC)c(OC)c3)CC1)CC2=O. The number of amides is 1. The van der Waals surface area contributed by atoms with Gasteiger partial charge in [-0.1, -0.05) is 0 Å². The summed E-state index contributed by atoms with van der Waals surface area (Å²) in [5.41, 5.74) is 0.331. The van der Waals surface area contributed by atoms with Crippen LogP contribution in [0.1, 0.15) is 40.0 Å². The van der Waals surface area contributed by atoms with Crippen LogP contribution in [-0.2, 0) is 0 Å². The van der Waals surface area contributed by atoms with Crippen LogP contribution in [0.4, 0.5) is 0 Å². The minimum Gasteiger partial charge on any atom is -0.496 e. The molecular formula is C24H27NO7. The molecule has 8 nitrogen and oxygen atoms in total. The molecule has 2 aliphatic heterocycles. The van der Waals surface area contributed by atoms with Gasteiger partial charge in [0.25, 0.3) is 5.91 Å². The number of benzene rings is 2. The molecule has 0 radical (unpaired) electrons. The monoisotopic (exact) mass is 441 g/mol. The second-order valence-electron chi connectivity index (χ2n) is 7.95. The number of ketones is 1. The van der Waals surface area contributed by atoms with Crippen LogP contribution >= 0.6 is 0 Å². The highest BCUT2D eigenvalue weighted by Gasteiger charge is 2.45. The number of Topliss-reactive ketones (excluding diaryl/α,β-unsaturated/α-hetero) is 1. The maximum atomic E-state index is 13.1. The number of piperidine rings is 1. The molecule has 0 atom stereocenters. The zero-order valence-corrected chi connectivity index (χ0v) is 18.7. The Labute approximate surface area is 187 Å². The molecular weight excluding hydrogens is 414 g/mol. The molecule has 8 heteroatoms. The number of fused-ring (bicyclic) bond motifs is 1. The third kappa shape index (κ3) is 3.81. The Bertz CT molecular complexity index is 1040. The summed E-state index contributed by atoms with van der Waals surface area (Å²) in [6.45, 7) is 0.966. The van der Waals surface area contributed by atoms with Crippen molar-refractivity contribution < 1.29 is 33.3 Å². The van der Waals surface area contributed by atoms with Crippen molar-refractivity contribution >= 4 is 11.7 Å². The first-order valence-corrected chi connectivity index (χ1v) is 10.4. The molecule has 1 amide bonds. The number of carbonyl (C=O) groups is 2. The smallest absolute Gasteiger partial charge is 0.253 e. The summed E-state index contributed by atoms with van der Waals surface area (Å²) in [6, 6.07) is 8.53. The summed E-state index contributed by atoms with van der Waals surface area (Å²) in [5, 5.41) is 0. The van der Waals surface area contributed by atoms with Gasteiger partial charge in [0.15, 0.2) is 17.3 Å². The van der Waals surface area contributed by atoms with Crippen molar-refractivity contribution in [3.05, 3.63) is 41.5 Å². The summed E-state index contributed by atoms with van der Waals surface area (Å²) >= 11 is 0. The minimum atomic E-state index is -0.643. The number of ether oxygens (including phenoxy) is 5. The van der Waals surface area contributed by atoms with Crippen molar-refractivity contribution in [2.75, 3.05) is 41.5 Å². The summed E-state index contributed by atoms with van der Waals surface area (Å²) in [4.78, 5) is 27.8. The molecule has 0 saturated carbocycles. The normalized spacial score (nSPS) is 16.8.